The molecule has 2 aromatic rings. The Bertz CT molecular complexity index is 991. The summed E-state index contributed by atoms with van der Waals surface area (Å²) in [7, 11) is 2.44. The largest absolute Gasteiger partial charge is 0.508 e. The highest BCUT2D eigenvalue weighted by molar-refractivity contribution is 7.84. The van der Waals surface area contributed by atoms with Crippen LogP contribution in [0, 0.1) is 0 Å². The Morgan fingerprint density at radius 1 is 1.00 bits per heavy atom. The van der Waals surface area contributed by atoms with E-state index in [0.717, 1.165) is 18.5 Å². The summed E-state index contributed by atoms with van der Waals surface area (Å²) in [5.41, 5.74) is 12.5. The van der Waals surface area contributed by atoms with E-state index in [9.17, 15) is 18.6 Å². The van der Waals surface area contributed by atoms with E-state index in [1.165, 1.54) is 11.8 Å². The smallest absolute Gasteiger partial charge is 0.321 e. The highest BCUT2D eigenvalue weighted by atomic mass is 32.2. The highest BCUT2D eigenvalue weighted by Gasteiger charge is 2.15. The topological polar surface area (TPSA) is 196 Å². The van der Waals surface area contributed by atoms with Crippen molar-refractivity contribution in [3.05, 3.63) is 65.7 Å². The number of phenolic OH excluding ortho intramolecular Hbond substituents is 1. The van der Waals surface area contributed by atoms with Crippen LogP contribution in [0.2, 0.25) is 0 Å². The summed E-state index contributed by atoms with van der Waals surface area (Å²) in [5.74, 6) is -1.38. The molecule has 0 spiro atoms. The first kappa shape index (κ1) is 34.7. The molecule has 0 saturated heterocycles. The maximum atomic E-state index is 11.1. The molecule has 0 heterocycles. The van der Waals surface area contributed by atoms with E-state index < -0.39 is 34.8 Å². The third-order valence-electron chi connectivity index (χ3n) is 5.24. The standard InChI is InChI=1S/C11H16N2O.C10H13NO3.C5H11NO3S/c1-13(11(14)9-12)8-7-10-5-3-2-4-6-10;1-11-9(10(13)14)6-7-2-4-8(12)5-3-7;1-10(9)3-2-4(6)5(7)8/h2-6H,7-9,12H2,1H3;2-5,9,11-12H,6H2,1H3,(H,13,14);4H,2-3,6H2,1H3,(H,7,8)/t;9-;4-,10?/m.01/s1. The molecule has 0 aromatic heterocycles. The van der Waals surface area contributed by atoms with Crippen LogP contribution in [0.5, 0.6) is 5.75 Å². The number of aromatic hydroxyl groups is 1. The molecule has 11 nitrogen and oxygen atoms in total. The van der Waals surface area contributed by atoms with Crippen LogP contribution in [0.3, 0.4) is 0 Å². The van der Waals surface area contributed by atoms with Crippen LogP contribution in [0.1, 0.15) is 17.5 Å². The average Bonchev–Trinajstić information content (AvgIpc) is 2.90. The Morgan fingerprint density at radius 3 is 2.03 bits per heavy atom. The monoisotopic (exact) mass is 552 g/mol. The lowest BCUT2D eigenvalue weighted by atomic mass is 10.1. The van der Waals surface area contributed by atoms with E-state index >= 15 is 0 Å². The van der Waals surface area contributed by atoms with Crippen LogP contribution < -0.4 is 16.8 Å². The number of carbonyl (C=O) groups excluding carboxylic acids is 1. The molecule has 3 atom stereocenters. The van der Waals surface area contributed by atoms with Crippen LogP contribution >= 0.6 is 0 Å². The molecule has 0 saturated carbocycles. The van der Waals surface area contributed by atoms with E-state index in [0.29, 0.717) is 12.2 Å². The van der Waals surface area contributed by atoms with Crippen molar-refractivity contribution >= 4 is 28.6 Å². The van der Waals surface area contributed by atoms with E-state index in [1.54, 1.807) is 43.3 Å². The van der Waals surface area contributed by atoms with Gasteiger partial charge in [-0.25, -0.2) is 0 Å². The van der Waals surface area contributed by atoms with E-state index in [-0.39, 0.29) is 24.6 Å². The lowest BCUT2D eigenvalue weighted by Crippen LogP contribution is -2.35. The van der Waals surface area contributed by atoms with Crippen molar-refractivity contribution in [3.63, 3.8) is 0 Å². The highest BCUT2D eigenvalue weighted by Crippen LogP contribution is 2.11. The number of carboxylic acid groups (broad SMARTS) is 2. The molecule has 0 radical (unpaired) electrons. The van der Waals surface area contributed by atoms with Crippen molar-refractivity contribution in [2.24, 2.45) is 11.5 Å². The number of amides is 1. The number of rotatable bonds is 12. The van der Waals surface area contributed by atoms with Crippen molar-refractivity contribution in [2.45, 2.75) is 31.3 Å². The minimum atomic E-state index is -1.04. The molecule has 2 rings (SSSR count). The number of hydrogen-bond acceptors (Lipinski definition) is 8. The molecule has 1 amide bonds. The van der Waals surface area contributed by atoms with Crippen LogP contribution in [0.25, 0.3) is 0 Å². The predicted octanol–water partition coefficient (Wildman–Crippen LogP) is 0.420. The van der Waals surface area contributed by atoms with Crippen molar-refractivity contribution < 1.29 is 33.9 Å². The van der Waals surface area contributed by atoms with Gasteiger partial charge in [0, 0.05) is 36.4 Å². The van der Waals surface area contributed by atoms with Crippen LogP contribution in [-0.2, 0) is 38.0 Å². The van der Waals surface area contributed by atoms with Crippen molar-refractivity contribution in [1.82, 2.24) is 10.2 Å². The fourth-order valence-electron chi connectivity index (χ4n) is 2.82. The minimum absolute atomic E-state index is 0.0130. The first-order chi connectivity index (χ1) is 17.9. The van der Waals surface area contributed by atoms with Gasteiger partial charge in [0.25, 0.3) is 0 Å². The second kappa shape index (κ2) is 19.7. The quantitative estimate of drug-likeness (QED) is 0.215. The molecule has 0 aliphatic carbocycles. The molecule has 0 fully saturated rings. The third-order valence-corrected chi connectivity index (χ3v) is 6.05. The average molecular weight is 553 g/mol. The van der Waals surface area contributed by atoms with Crippen molar-refractivity contribution in [3.8, 4) is 5.75 Å². The number of likely N-dealkylation sites (N-methyl/N-ethyl adjacent to an activating group) is 2. The first-order valence-corrected chi connectivity index (χ1v) is 13.6. The molecule has 8 N–H and O–H groups in total. The Balaban J connectivity index is 0.000000551. The Hall–Kier alpha value is -3.32. The molecular formula is C26H40N4O7S. The third kappa shape index (κ3) is 16.4. The second-order valence-electron chi connectivity index (χ2n) is 8.32. The number of benzene rings is 2. The lowest BCUT2D eigenvalue weighted by Gasteiger charge is -2.15. The Morgan fingerprint density at radius 2 is 1.58 bits per heavy atom. The summed E-state index contributed by atoms with van der Waals surface area (Å²) in [6.07, 6.45) is 3.09. The van der Waals surface area contributed by atoms with Gasteiger partial charge in [0.05, 0.1) is 6.54 Å². The Labute approximate surface area is 226 Å². The van der Waals surface area contributed by atoms with E-state index in [2.05, 4.69) is 17.4 Å². The van der Waals surface area contributed by atoms with E-state index in [1.807, 2.05) is 18.2 Å². The number of nitrogens with zero attached hydrogens (tertiary/aromatic N) is 1. The van der Waals surface area contributed by atoms with Gasteiger partial charge in [-0.15, -0.1) is 0 Å². The number of carbonyl (C=O) groups is 3. The van der Waals surface area contributed by atoms with Gasteiger partial charge < -0.3 is 37.0 Å². The summed E-state index contributed by atoms with van der Waals surface area (Å²) in [6, 6.07) is 15.2. The van der Waals surface area contributed by atoms with Gasteiger partial charge in [-0.3, -0.25) is 18.6 Å². The fraction of sp³-hybridized carbons (Fsp3) is 0.423. The van der Waals surface area contributed by atoms with Crippen molar-refractivity contribution in [1.29, 1.82) is 0 Å². The zero-order chi connectivity index (χ0) is 29.1. The van der Waals surface area contributed by atoms with Gasteiger partial charge in [-0.2, -0.15) is 0 Å². The van der Waals surface area contributed by atoms with Crippen LogP contribution in [0.4, 0.5) is 0 Å². The maximum absolute atomic E-state index is 11.1. The summed E-state index contributed by atoms with van der Waals surface area (Å²) in [4.78, 5) is 33.6. The number of hydrogen-bond donors (Lipinski definition) is 6. The fourth-order valence-corrected chi connectivity index (χ4v) is 3.40. The van der Waals surface area contributed by atoms with E-state index in [4.69, 9.17) is 26.8 Å². The summed E-state index contributed by atoms with van der Waals surface area (Å²) in [6.45, 7) is 0.811. The molecule has 38 heavy (non-hydrogen) atoms. The maximum Gasteiger partial charge on any atom is 0.321 e. The summed E-state index contributed by atoms with van der Waals surface area (Å²) in [5, 5.41) is 28.8. The summed E-state index contributed by atoms with van der Waals surface area (Å²) < 4.78 is 10.4. The lowest BCUT2D eigenvalue weighted by molar-refractivity contribution is -0.139. The molecule has 0 aliphatic rings. The van der Waals surface area contributed by atoms with Crippen molar-refractivity contribution in [2.75, 3.05) is 39.2 Å². The number of nitrogens with one attached hydrogen (secondary N) is 1. The van der Waals surface area contributed by atoms with Crippen LogP contribution in [0.15, 0.2) is 54.6 Å². The van der Waals surface area contributed by atoms with Gasteiger partial charge in [0.15, 0.2) is 0 Å². The molecule has 1 unspecified atom stereocenters. The summed E-state index contributed by atoms with van der Waals surface area (Å²) >= 11 is 0. The zero-order valence-corrected chi connectivity index (χ0v) is 22.9. The minimum Gasteiger partial charge on any atom is -0.508 e. The number of carboxylic acids is 2. The second-order valence-corrected chi connectivity index (χ2v) is 9.87. The molecule has 0 bridgehead atoms. The number of nitrogens with two attached hydrogens (primary N) is 2. The Kier molecular flexibility index (Phi) is 18.0. The van der Waals surface area contributed by atoms with Crippen LogP contribution in [-0.4, -0.2) is 93.6 Å². The normalized spacial score (nSPS) is 12.4. The molecule has 2 aromatic carbocycles. The zero-order valence-electron chi connectivity index (χ0n) is 22.1. The number of phenols is 1. The molecule has 0 aliphatic heterocycles. The number of aliphatic carboxylic acids is 2. The van der Waals surface area contributed by atoms with Gasteiger partial charge in [0.1, 0.15) is 17.8 Å². The predicted molar refractivity (Wildman–Crippen MR) is 148 cm³/mol. The SMILES string of the molecule is CN(CCc1ccccc1)C(=O)CN.CN[C@@H](Cc1ccc(O)cc1)C(=O)O.CS(=O)CC[C@@H](N)C(=O)O. The molecular weight excluding hydrogens is 512 g/mol. The van der Waals surface area contributed by atoms with Gasteiger partial charge in [-0.05, 0) is 49.6 Å². The molecule has 12 heteroatoms. The van der Waals surface area contributed by atoms with Gasteiger partial charge in [0.2, 0.25) is 5.91 Å². The molecule has 212 valence electrons. The van der Waals surface area contributed by atoms with Gasteiger partial charge >= 0.3 is 11.9 Å². The first-order valence-electron chi connectivity index (χ1n) is 11.9. The van der Waals surface area contributed by atoms with Gasteiger partial charge in [-0.1, -0.05) is 42.5 Å².